The molecule has 0 aliphatic heterocycles. The van der Waals surface area contributed by atoms with Crippen LogP contribution < -0.4 is 5.32 Å². The molecular formula is C26H25NO2. The monoisotopic (exact) mass is 383 g/mol. The summed E-state index contributed by atoms with van der Waals surface area (Å²) in [5, 5.41) is 7.59. The van der Waals surface area contributed by atoms with Gasteiger partial charge in [-0.3, -0.25) is 4.79 Å². The van der Waals surface area contributed by atoms with Crippen molar-refractivity contribution >= 4 is 27.5 Å². The van der Waals surface area contributed by atoms with Crippen LogP contribution in [-0.2, 0) is 15.1 Å². The van der Waals surface area contributed by atoms with Gasteiger partial charge in [-0.1, -0.05) is 84.9 Å². The summed E-state index contributed by atoms with van der Waals surface area (Å²) in [6.45, 7) is 3.85. The third-order valence-corrected chi connectivity index (χ3v) is 5.78. The maximum atomic E-state index is 13.4. The van der Waals surface area contributed by atoms with E-state index in [2.05, 4.69) is 29.6 Å². The van der Waals surface area contributed by atoms with Crippen molar-refractivity contribution in [3.8, 4) is 0 Å². The summed E-state index contributed by atoms with van der Waals surface area (Å²) in [5.41, 5.74) is 0.855. The van der Waals surface area contributed by atoms with Crippen molar-refractivity contribution in [1.82, 2.24) is 5.32 Å². The van der Waals surface area contributed by atoms with E-state index in [4.69, 9.17) is 4.74 Å². The average Bonchev–Trinajstić information content (AvgIpc) is 2.77. The van der Waals surface area contributed by atoms with Crippen LogP contribution >= 0.6 is 0 Å². The summed E-state index contributed by atoms with van der Waals surface area (Å²) < 4.78 is 5.81. The van der Waals surface area contributed by atoms with Gasteiger partial charge in [-0.25, -0.2) is 0 Å². The van der Waals surface area contributed by atoms with Crippen LogP contribution in [0.5, 0.6) is 0 Å². The Balaban J connectivity index is 1.70. The number of methoxy groups -OCH3 is 1. The molecule has 0 unspecified atom stereocenters. The highest BCUT2D eigenvalue weighted by Gasteiger charge is 2.37. The molecule has 3 nitrogen and oxygen atoms in total. The van der Waals surface area contributed by atoms with Gasteiger partial charge < -0.3 is 10.1 Å². The fourth-order valence-electron chi connectivity index (χ4n) is 4.01. The molecule has 4 aromatic rings. The van der Waals surface area contributed by atoms with E-state index in [1.165, 1.54) is 0 Å². The van der Waals surface area contributed by atoms with E-state index in [-0.39, 0.29) is 11.9 Å². The van der Waals surface area contributed by atoms with Gasteiger partial charge in [0.25, 0.3) is 5.91 Å². The third kappa shape index (κ3) is 3.39. The topological polar surface area (TPSA) is 38.3 Å². The molecule has 4 rings (SSSR count). The van der Waals surface area contributed by atoms with Crippen LogP contribution in [0, 0.1) is 0 Å². The number of carbonyl (C=O) groups excluding carboxylic acids is 1. The normalized spacial score (nSPS) is 14.4. The standard InChI is InChI=1S/C26H25NO2/c1-18(21-16-8-12-19-10-4-6-14-22(19)21)27-25(28)26(2,29-3)24-17-9-13-20-11-5-7-15-23(20)24/h4-18H,1-3H3,(H,27,28)/t18-,26+/m0/s1. The van der Waals surface area contributed by atoms with Crippen molar-refractivity contribution in [3.05, 3.63) is 96.1 Å². The van der Waals surface area contributed by atoms with Crippen molar-refractivity contribution in [2.75, 3.05) is 7.11 Å². The fraction of sp³-hybridized carbons (Fsp3) is 0.192. The van der Waals surface area contributed by atoms with E-state index in [0.29, 0.717) is 0 Å². The maximum Gasteiger partial charge on any atom is 0.257 e. The minimum atomic E-state index is -1.10. The SMILES string of the molecule is CO[C@@](C)(C(=O)N[C@@H](C)c1cccc2ccccc12)c1cccc2ccccc12. The quantitative estimate of drug-likeness (QED) is 0.478. The molecule has 0 heterocycles. The average molecular weight is 383 g/mol. The Morgan fingerprint density at radius 2 is 1.38 bits per heavy atom. The first-order valence-corrected chi connectivity index (χ1v) is 9.86. The Kier molecular flexibility index (Phi) is 5.08. The molecule has 0 aliphatic carbocycles. The smallest absolute Gasteiger partial charge is 0.257 e. The fourth-order valence-corrected chi connectivity index (χ4v) is 4.01. The van der Waals surface area contributed by atoms with Crippen LogP contribution in [-0.4, -0.2) is 13.0 Å². The highest BCUT2D eigenvalue weighted by Crippen LogP contribution is 2.33. The van der Waals surface area contributed by atoms with E-state index < -0.39 is 5.60 Å². The molecule has 0 radical (unpaired) electrons. The minimum absolute atomic E-state index is 0.155. The van der Waals surface area contributed by atoms with Gasteiger partial charge in [0.1, 0.15) is 0 Å². The summed E-state index contributed by atoms with van der Waals surface area (Å²) in [7, 11) is 1.59. The zero-order valence-corrected chi connectivity index (χ0v) is 17.0. The first kappa shape index (κ1) is 19.2. The lowest BCUT2D eigenvalue weighted by molar-refractivity contribution is -0.143. The van der Waals surface area contributed by atoms with Crippen LogP contribution in [0.1, 0.15) is 31.0 Å². The zero-order valence-electron chi connectivity index (χ0n) is 17.0. The molecule has 2 atom stereocenters. The Morgan fingerprint density at radius 3 is 2.07 bits per heavy atom. The summed E-state index contributed by atoms with van der Waals surface area (Å²) in [5.74, 6) is -0.156. The van der Waals surface area contributed by atoms with Crippen molar-refractivity contribution in [2.45, 2.75) is 25.5 Å². The number of fused-ring (bicyclic) bond motifs is 2. The summed E-state index contributed by atoms with van der Waals surface area (Å²) in [6, 6.07) is 28.3. The Labute approximate surface area is 171 Å². The predicted molar refractivity (Wildman–Crippen MR) is 119 cm³/mol. The number of nitrogens with one attached hydrogen (secondary N) is 1. The van der Waals surface area contributed by atoms with Gasteiger partial charge in [-0.15, -0.1) is 0 Å². The van der Waals surface area contributed by atoms with Gasteiger partial charge >= 0.3 is 0 Å². The molecule has 0 aliphatic rings. The summed E-state index contributed by atoms with van der Waals surface area (Å²) >= 11 is 0. The molecule has 0 saturated heterocycles. The molecule has 29 heavy (non-hydrogen) atoms. The Morgan fingerprint density at radius 1 is 0.828 bits per heavy atom. The van der Waals surface area contributed by atoms with Crippen LogP contribution in [0.25, 0.3) is 21.5 Å². The first-order chi connectivity index (χ1) is 14.0. The van der Waals surface area contributed by atoms with Crippen LogP contribution in [0.15, 0.2) is 84.9 Å². The molecule has 4 aromatic carbocycles. The highest BCUT2D eigenvalue weighted by molar-refractivity contribution is 5.95. The zero-order chi connectivity index (χ0) is 20.4. The number of amides is 1. The molecule has 0 aromatic heterocycles. The molecule has 0 spiro atoms. The largest absolute Gasteiger partial charge is 0.364 e. The van der Waals surface area contributed by atoms with E-state index in [1.807, 2.05) is 74.5 Å². The van der Waals surface area contributed by atoms with Crippen molar-refractivity contribution in [1.29, 1.82) is 0 Å². The summed E-state index contributed by atoms with van der Waals surface area (Å²) in [4.78, 5) is 13.4. The van der Waals surface area contributed by atoms with E-state index in [0.717, 1.165) is 32.7 Å². The minimum Gasteiger partial charge on any atom is -0.364 e. The van der Waals surface area contributed by atoms with Gasteiger partial charge in [0.2, 0.25) is 0 Å². The predicted octanol–water partition coefficient (Wildman–Crippen LogP) is 5.73. The van der Waals surface area contributed by atoms with Crippen LogP contribution in [0.2, 0.25) is 0 Å². The lowest BCUT2D eigenvalue weighted by Gasteiger charge is -2.30. The molecule has 3 heteroatoms. The molecule has 1 N–H and O–H groups in total. The second kappa shape index (κ2) is 7.69. The van der Waals surface area contributed by atoms with Gasteiger partial charge in [-0.2, -0.15) is 0 Å². The van der Waals surface area contributed by atoms with Crippen molar-refractivity contribution in [2.24, 2.45) is 0 Å². The van der Waals surface area contributed by atoms with Crippen LogP contribution in [0.3, 0.4) is 0 Å². The molecule has 1 amide bonds. The summed E-state index contributed by atoms with van der Waals surface area (Å²) in [6.07, 6.45) is 0. The molecule has 146 valence electrons. The van der Waals surface area contributed by atoms with Gasteiger partial charge in [0, 0.05) is 12.7 Å². The van der Waals surface area contributed by atoms with Gasteiger partial charge in [-0.05, 0) is 41.0 Å². The Bertz CT molecular complexity index is 1170. The molecule has 0 bridgehead atoms. The number of hydrogen-bond acceptors (Lipinski definition) is 2. The number of carbonyl (C=O) groups is 1. The molecule has 0 fully saturated rings. The highest BCUT2D eigenvalue weighted by atomic mass is 16.5. The van der Waals surface area contributed by atoms with Crippen molar-refractivity contribution < 1.29 is 9.53 Å². The lowest BCUT2D eigenvalue weighted by atomic mass is 9.89. The van der Waals surface area contributed by atoms with Gasteiger partial charge in [0.15, 0.2) is 5.60 Å². The number of ether oxygens (including phenoxy) is 1. The lowest BCUT2D eigenvalue weighted by Crippen LogP contribution is -2.44. The second-order valence-electron chi connectivity index (χ2n) is 7.53. The van der Waals surface area contributed by atoms with E-state index in [1.54, 1.807) is 7.11 Å². The first-order valence-electron chi connectivity index (χ1n) is 9.86. The maximum absolute atomic E-state index is 13.4. The second-order valence-corrected chi connectivity index (χ2v) is 7.53. The third-order valence-electron chi connectivity index (χ3n) is 5.78. The number of hydrogen-bond donors (Lipinski definition) is 1. The number of benzene rings is 4. The Hall–Kier alpha value is -3.17. The molecule has 0 saturated carbocycles. The van der Waals surface area contributed by atoms with Crippen molar-refractivity contribution in [3.63, 3.8) is 0 Å². The van der Waals surface area contributed by atoms with Crippen LogP contribution in [0.4, 0.5) is 0 Å². The van der Waals surface area contributed by atoms with Gasteiger partial charge in [0.05, 0.1) is 6.04 Å². The number of rotatable bonds is 5. The van der Waals surface area contributed by atoms with E-state index >= 15 is 0 Å². The molecular weight excluding hydrogens is 358 g/mol. The van der Waals surface area contributed by atoms with E-state index in [9.17, 15) is 4.79 Å².